The molecule has 0 saturated carbocycles. The molecule has 1 fully saturated rings. The Balaban J connectivity index is 0.00000147. The second-order valence-corrected chi connectivity index (χ2v) is 6.35. The van der Waals surface area contributed by atoms with Crippen molar-refractivity contribution in [2.75, 3.05) is 18.8 Å². The van der Waals surface area contributed by atoms with E-state index in [0.29, 0.717) is 16.7 Å². The van der Waals surface area contributed by atoms with E-state index in [0.717, 1.165) is 37.0 Å². The van der Waals surface area contributed by atoms with Crippen molar-refractivity contribution >= 4 is 34.2 Å². The SMILES string of the molecule is Cl.O=S(CC1CCNCC1)c1cnc2ccccc2n1. The molecule has 1 atom stereocenters. The van der Waals surface area contributed by atoms with Gasteiger partial charge in [-0.2, -0.15) is 0 Å². The summed E-state index contributed by atoms with van der Waals surface area (Å²) < 4.78 is 12.3. The third-order valence-electron chi connectivity index (χ3n) is 3.51. The maximum absolute atomic E-state index is 12.3. The first-order chi connectivity index (χ1) is 9.33. The van der Waals surface area contributed by atoms with Crippen molar-refractivity contribution in [3.8, 4) is 0 Å². The van der Waals surface area contributed by atoms with Crippen LogP contribution in [0.2, 0.25) is 0 Å². The van der Waals surface area contributed by atoms with Crippen molar-refractivity contribution in [1.82, 2.24) is 15.3 Å². The Morgan fingerprint density at radius 1 is 1.20 bits per heavy atom. The number of fused-ring (bicyclic) bond motifs is 1. The fourth-order valence-electron chi connectivity index (χ4n) is 2.40. The summed E-state index contributed by atoms with van der Waals surface area (Å²) in [6.45, 7) is 2.07. The number of aromatic nitrogens is 2. The number of nitrogens with one attached hydrogen (secondary N) is 1. The van der Waals surface area contributed by atoms with E-state index in [2.05, 4.69) is 15.3 Å². The standard InChI is InChI=1S/C14H17N3OS.ClH/c18-19(10-11-5-7-15-8-6-11)14-9-16-12-3-1-2-4-13(12)17-14;/h1-4,9,11,15H,5-8,10H2;1H. The molecule has 0 radical (unpaired) electrons. The monoisotopic (exact) mass is 311 g/mol. The second-order valence-electron chi connectivity index (χ2n) is 4.90. The first-order valence-corrected chi connectivity index (χ1v) is 7.96. The van der Waals surface area contributed by atoms with Crippen LogP contribution in [0, 0.1) is 5.92 Å². The number of nitrogens with zero attached hydrogens (tertiary/aromatic N) is 2. The van der Waals surface area contributed by atoms with Gasteiger partial charge < -0.3 is 5.32 Å². The lowest BCUT2D eigenvalue weighted by atomic mass is 10.0. The van der Waals surface area contributed by atoms with Crippen LogP contribution in [0.5, 0.6) is 0 Å². The maximum atomic E-state index is 12.3. The Labute approximate surface area is 127 Å². The first-order valence-electron chi connectivity index (χ1n) is 6.64. The van der Waals surface area contributed by atoms with E-state index in [1.54, 1.807) is 6.20 Å². The highest BCUT2D eigenvalue weighted by Gasteiger charge is 2.18. The normalized spacial score (nSPS) is 17.6. The Hall–Kier alpha value is -1.04. The number of hydrogen-bond donors (Lipinski definition) is 1. The number of para-hydroxylation sites is 2. The Morgan fingerprint density at radius 2 is 1.90 bits per heavy atom. The highest BCUT2D eigenvalue weighted by atomic mass is 35.5. The number of halogens is 1. The first kappa shape index (κ1) is 15.4. The van der Waals surface area contributed by atoms with Crippen LogP contribution < -0.4 is 5.32 Å². The molecule has 1 aliphatic rings. The lowest BCUT2D eigenvalue weighted by Crippen LogP contribution is -2.30. The fourth-order valence-corrected chi connectivity index (χ4v) is 3.70. The quantitative estimate of drug-likeness (QED) is 0.944. The largest absolute Gasteiger partial charge is 0.317 e. The van der Waals surface area contributed by atoms with E-state index in [1.807, 2.05) is 24.3 Å². The second kappa shape index (κ2) is 7.11. The van der Waals surface area contributed by atoms with Gasteiger partial charge in [0.15, 0.2) is 0 Å². The molecule has 1 N–H and O–H groups in total. The van der Waals surface area contributed by atoms with Gasteiger partial charge in [-0.05, 0) is 44.0 Å². The van der Waals surface area contributed by atoms with Crippen LogP contribution >= 0.6 is 12.4 Å². The van der Waals surface area contributed by atoms with Crippen LogP contribution in [0.25, 0.3) is 11.0 Å². The smallest absolute Gasteiger partial charge is 0.146 e. The zero-order valence-electron chi connectivity index (χ0n) is 11.1. The van der Waals surface area contributed by atoms with E-state index in [9.17, 15) is 4.21 Å². The van der Waals surface area contributed by atoms with E-state index in [4.69, 9.17) is 0 Å². The lowest BCUT2D eigenvalue weighted by Gasteiger charge is -2.21. The summed E-state index contributed by atoms with van der Waals surface area (Å²) in [5.41, 5.74) is 1.67. The molecule has 1 aromatic heterocycles. The topological polar surface area (TPSA) is 54.9 Å². The van der Waals surface area contributed by atoms with E-state index < -0.39 is 10.8 Å². The molecule has 0 bridgehead atoms. The Kier molecular flexibility index (Phi) is 5.46. The van der Waals surface area contributed by atoms with Gasteiger partial charge in [-0.25, -0.2) is 4.98 Å². The van der Waals surface area contributed by atoms with Gasteiger partial charge >= 0.3 is 0 Å². The molecule has 4 nitrogen and oxygen atoms in total. The molecule has 1 unspecified atom stereocenters. The van der Waals surface area contributed by atoms with Crippen molar-refractivity contribution in [1.29, 1.82) is 0 Å². The van der Waals surface area contributed by atoms with Crippen LogP contribution in [0.3, 0.4) is 0 Å². The minimum Gasteiger partial charge on any atom is -0.317 e. The zero-order valence-corrected chi connectivity index (χ0v) is 12.8. The van der Waals surface area contributed by atoms with E-state index >= 15 is 0 Å². The lowest BCUT2D eigenvalue weighted by molar-refractivity contribution is 0.405. The molecule has 2 heterocycles. The zero-order chi connectivity index (χ0) is 13.1. The predicted molar refractivity (Wildman–Crippen MR) is 83.7 cm³/mol. The Morgan fingerprint density at radius 3 is 2.65 bits per heavy atom. The number of rotatable bonds is 3. The average molecular weight is 312 g/mol. The Bertz CT molecular complexity index is 602. The van der Waals surface area contributed by atoms with Gasteiger partial charge in [0.1, 0.15) is 5.03 Å². The van der Waals surface area contributed by atoms with Gasteiger partial charge in [0.2, 0.25) is 0 Å². The molecule has 3 rings (SSSR count). The summed E-state index contributed by atoms with van der Waals surface area (Å²) >= 11 is 0. The van der Waals surface area contributed by atoms with Gasteiger partial charge in [0.25, 0.3) is 0 Å². The molecule has 2 aromatic rings. The molecule has 20 heavy (non-hydrogen) atoms. The number of benzene rings is 1. The molecule has 6 heteroatoms. The van der Waals surface area contributed by atoms with Gasteiger partial charge in [-0.3, -0.25) is 9.19 Å². The van der Waals surface area contributed by atoms with Crippen molar-refractivity contribution in [2.45, 2.75) is 17.9 Å². The van der Waals surface area contributed by atoms with Crippen LogP contribution in [0.1, 0.15) is 12.8 Å². The van der Waals surface area contributed by atoms with Crippen LogP contribution in [-0.2, 0) is 10.8 Å². The average Bonchev–Trinajstić information content (AvgIpc) is 2.48. The molecule has 0 spiro atoms. The van der Waals surface area contributed by atoms with Gasteiger partial charge in [0.05, 0.1) is 28.0 Å². The van der Waals surface area contributed by atoms with Gasteiger partial charge in [0, 0.05) is 5.75 Å². The third-order valence-corrected chi connectivity index (χ3v) is 4.94. The molecule has 0 aliphatic carbocycles. The summed E-state index contributed by atoms with van der Waals surface area (Å²) in [7, 11) is -1.04. The number of hydrogen-bond acceptors (Lipinski definition) is 4. The predicted octanol–water partition coefficient (Wildman–Crippen LogP) is 2.16. The number of piperidine rings is 1. The maximum Gasteiger partial charge on any atom is 0.146 e. The molecule has 1 aromatic carbocycles. The highest BCUT2D eigenvalue weighted by molar-refractivity contribution is 7.84. The molecular weight excluding hydrogens is 294 g/mol. The summed E-state index contributed by atoms with van der Waals surface area (Å²) in [5.74, 6) is 1.24. The fraction of sp³-hybridized carbons (Fsp3) is 0.429. The minimum absolute atomic E-state index is 0. The summed E-state index contributed by atoms with van der Waals surface area (Å²) in [4.78, 5) is 8.79. The van der Waals surface area contributed by atoms with Crippen molar-refractivity contribution in [3.63, 3.8) is 0 Å². The van der Waals surface area contributed by atoms with Crippen LogP contribution in [0.15, 0.2) is 35.5 Å². The highest BCUT2D eigenvalue weighted by Crippen LogP contribution is 2.17. The summed E-state index contributed by atoms with van der Waals surface area (Å²) in [6, 6.07) is 7.69. The van der Waals surface area contributed by atoms with Gasteiger partial charge in [-0.15, -0.1) is 12.4 Å². The molecular formula is C14H18ClN3OS. The molecule has 1 aliphatic heterocycles. The minimum atomic E-state index is -1.04. The molecule has 1 saturated heterocycles. The molecule has 0 amide bonds. The van der Waals surface area contributed by atoms with Crippen molar-refractivity contribution in [2.24, 2.45) is 5.92 Å². The summed E-state index contributed by atoms with van der Waals surface area (Å²) in [6.07, 6.45) is 3.86. The molecule has 108 valence electrons. The van der Waals surface area contributed by atoms with Crippen LogP contribution in [0.4, 0.5) is 0 Å². The van der Waals surface area contributed by atoms with E-state index in [-0.39, 0.29) is 12.4 Å². The van der Waals surface area contributed by atoms with Crippen molar-refractivity contribution < 1.29 is 4.21 Å². The van der Waals surface area contributed by atoms with Crippen molar-refractivity contribution in [3.05, 3.63) is 30.5 Å². The van der Waals surface area contributed by atoms with E-state index in [1.165, 1.54) is 0 Å². The van der Waals surface area contributed by atoms with Gasteiger partial charge in [-0.1, -0.05) is 12.1 Å². The summed E-state index contributed by atoms with van der Waals surface area (Å²) in [5, 5.41) is 3.93. The third kappa shape index (κ3) is 3.53. The van der Waals surface area contributed by atoms with Crippen LogP contribution in [-0.4, -0.2) is 33.0 Å².